The average Bonchev–Trinajstić information content (AvgIpc) is 3.27. The maximum Gasteiger partial charge on any atom is 0.309 e. The summed E-state index contributed by atoms with van der Waals surface area (Å²) >= 11 is 0. The molecule has 0 bridgehead atoms. The molecule has 0 spiro atoms. The molecule has 0 aliphatic heterocycles. The smallest absolute Gasteiger partial charge is 0.309 e. The van der Waals surface area contributed by atoms with Crippen LogP contribution in [0.4, 0.5) is 0 Å². The van der Waals surface area contributed by atoms with Gasteiger partial charge >= 0.3 is 11.9 Å². The third kappa shape index (κ3) is 48.7. The second-order valence-electron chi connectivity index (χ2n) is 15.6. The molecular weight excluding hydrogens is 765 g/mol. The van der Waals surface area contributed by atoms with Crippen molar-refractivity contribution in [3.05, 3.63) is 134 Å². The van der Waals surface area contributed by atoms with E-state index in [-0.39, 0.29) is 31.6 Å². The fraction of sp³-hybridized carbons (Fsp3) is 0.579. The van der Waals surface area contributed by atoms with Gasteiger partial charge in [-0.15, -0.1) is 0 Å². The lowest BCUT2D eigenvalue weighted by atomic mass is 10.1. The molecule has 0 aliphatic carbocycles. The van der Waals surface area contributed by atoms with Crippen molar-refractivity contribution in [2.45, 2.75) is 194 Å². The van der Waals surface area contributed by atoms with Gasteiger partial charge < -0.3 is 14.2 Å². The number of allylic oxidation sites excluding steroid dienone is 21. The molecule has 0 heterocycles. The summed E-state index contributed by atoms with van der Waals surface area (Å²) in [5.74, 6) is -0.590. The fourth-order valence-corrected chi connectivity index (χ4v) is 6.07. The third-order valence-electron chi connectivity index (χ3n) is 9.68. The Morgan fingerprint density at radius 2 is 0.774 bits per heavy atom. The summed E-state index contributed by atoms with van der Waals surface area (Å²) in [6.45, 7) is 7.34. The molecule has 5 nitrogen and oxygen atoms in total. The van der Waals surface area contributed by atoms with Crippen LogP contribution in [0.3, 0.4) is 0 Å². The molecule has 0 radical (unpaired) electrons. The van der Waals surface area contributed by atoms with Gasteiger partial charge in [-0.25, -0.2) is 0 Å². The highest BCUT2D eigenvalue weighted by atomic mass is 16.6. The highest BCUT2D eigenvalue weighted by Gasteiger charge is 2.17. The summed E-state index contributed by atoms with van der Waals surface area (Å²) in [6.07, 6.45) is 73.4. The van der Waals surface area contributed by atoms with E-state index in [1.807, 2.05) is 12.2 Å². The highest BCUT2D eigenvalue weighted by Crippen LogP contribution is 2.11. The van der Waals surface area contributed by atoms with Crippen molar-refractivity contribution >= 4 is 11.9 Å². The molecule has 348 valence electrons. The zero-order chi connectivity index (χ0) is 44.9. The molecular formula is C57H90O5. The van der Waals surface area contributed by atoms with Crippen LogP contribution in [-0.2, 0) is 23.8 Å². The van der Waals surface area contributed by atoms with Gasteiger partial charge in [0.25, 0.3) is 0 Å². The van der Waals surface area contributed by atoms with Crippen molar-refractivity contribution in [2.24, 2.45) is 0 Å². The van der Waals surface area contributed by atoms with Crippen LogP contribution in [0.5, 0.6) is 0 Å². The standard InChI is InChI=1S/C57H90O5/c1-4-7-10-13-16-19-22-25-27-28-29-31-34-37-40-43-46-49-52-60-53-55(62-57(59)51-48-45-42-39-36-32-24-21-18-15-12-9-6-3)54-61-56(58)50-47-44-41-38-35-33-30-26-23-20-17-14-11-8-5-2/h7-8,10-11,16-17,19-21,24-27,29-31,35,37-38,40,44,47,55H,4-6,9,12-15,18,22-23,28,32-34,36,39,41-43,45-46,48-54H2,1-3H3/b10-7-,11-8-,19-16-,20-17-,24-21-,27-25-,30-26-,31-29-,38-35-,40-37-,47-44-. The zero-order valence-electron chi connectivity index (χ0n) is 39.8. The van der Waals surface area contributed by atoms with Crippen LogP contribution >= 0.6 is 0 Å². The summed E-state index contributed by atoms with van der Waals surface area (Å²) in [5, 5.41) is 0. The van der Waals surface area contributed by atoms with E-state index in [0.29, 0.717) is 13.0 Å². The molecule has 0 aromatic heterocycles. The Morgan fingerprint density at radius 1 is 0.387 bits per heavy atom. The summed E-state index contributed by atoms with van der Waals surface area (Å²) in [7, 11) is 0. The van der Waals surface area contributed by atoms with E-state index in [1.165, 1.54) is 44.9 Å². The molecule has 0 amide bonds. The Bertz CT molecular complexity index is 1330. The number of rotatable bonds is 43. The van der Waals surface area contributed by atoms with Gasteiger partial charge in [0.15, 0.2) is 6.10 Å². The van der Waals surface area contributed by atoms with E-state index in [1.54, 1.807) is 0 Å². The van der Waals surface area contributed by atoms with Crippen molar-refractivity contribution in [1.29, 1.82) is 0 Å². The van der Waals surface area contributed by atoms with Crippen LogP contribution in [0, 0.1) is 0 Å². The monoisotopic (exact) mass is 855 g/mol. The van der Waals surface area contributed by atoms with Crippen LogP contribution < -0.4 is 0 Å². The Balaban J connectivity index is 4.51. The van der Waals surface area contributed by atoms with Gasteiger partial charge in [-0.05, 0) is 116 Å². The number of ether oxygens (including phenoxy) is 3. The largest absolute Gasteiger partial charge is 0.461 e. The Kier molecular flexibility index (Phi) is 48.1. The maximum absolute atomic E-state index is 12.8. The number of unbranched alkanes of at least 4 members (excludes halogenated alkanes) is 11. The predicted octanol–water partition coefficient (Wildman–Crippen LogP) is 16.8. The second-order valence-corrected chi connectivity index (χ2v) is 15.6. The van der Waals surface area contributed by atoms with Gasteiger partial charge in [0, 0.05) is 13.0 Å². The molecule has 0 aromatic rings. The van der Waals surface area contributed by atoms with Crippen LogP contribution in [0.25, 0.3) is 0 Å². The van der Waals surface area contributed by atoms with Crippen molar-refractivity contribution < 1.29 is 23.8 Å². The van der Waals surface area contributed by atoms with E-state index >= 15 is 0 Å². The molecule has 5 heteroatoms. The molecule has 62 heavy (non-hydrogen) atoms. The molecule has 0 rings (SSSR count). The van der Waals surface area contributed by atoms with E-state index in [4.69, 9.17) is 14.2 Å². The van der Waals surface area contributed by atoms with Gasteiger partial charge in [0.1, 0.15) is 6.61 Å². The van der Waals surface area contributed by atoms with Gasteiger partial charge in [-0.1, -0.05) is 193 Å². The molecule has 0 saturated carbocycles. The molecule has 0 aromatic carbocycles. The van der Waals surface area contributed by atoms with Crippen molar-refractivity contribution in [1.82, 2.24) is 0 Å². The summed E-state index contributed by atoms with van der Waals surface area (Å²) < 4.78 is 17.2. The van der Waals surface area contributed by atoms with Crippen LogP contribution in [0.1, 0.15) is 188 Å². The van der Waals surface area contributed by atoms with Crippen molar-refractivity contribution in [3.8, 4) is 0 Å². The summed E-state index contributed by atoms with van der Waals surface area (Å²) in [6, 6.07) is 0. The minimum Gasteiger partial charge on any atom is -0.461 e. The van der Waals surface area contributed by atoms with Gasteiger partial charge in [0.05, 0.1) is 13.0 Å². The Labute approximate surface area is 381 Å². The zero-order valence-corrected chi connectivity index (χ0v) is 39.8. The second kappa shape index (κ2) is 51.4. The lowest BCUT2D eigenvalue weighted by molar-refractivity contribution is -0.162. The topological polar surface area (TPSA) is 61.8 Å². The molecule has 0 N–H and O–H groups in total. The third-order valence-corrected chi connectivity index (χ3v) is 9.68. The average molecular weight is 855 g/mol. The number of carbonyl (C=O) groups is 2. The Morgan fingerprint density at radius 3 is 1.26 bits per heavy atom. The first-order valence-corrected chi connectivity index (χ1v) is 24.7. The van der Waals surface area contributed by atoms with Crippen molar-refractivity contribution in [3.63, 3.8) is 0 Å². The van der Waals surface area contributed by atoms with Gasteiger partial charge in [-0.2, -0.15) is 0 Å². The van der Waals surface area contributed by atoms with E-state index in [2.05, 4.69) is 142 Å². The minimum atomic E-state index is -0.612. The normalized spacial score (nSPS) is 13.4. The lowest BCUT2D eigenvalue weighted by Gasteiger charge is -2.18. The Hall–Kier alpha value is -3.96. The number of hydrogen-bond donors (Lipinski definition) is 0. The quantitative estimate of drug-likeness (QED) is 0.0347. The summed E-state index contributed by atoms with van der Waals surface area (Å²) in [5.41, 5.74) is 0. The predicted molar refractivity (Wildman–Crippen MR) is 269 cm³/mol. The van der Waals surface area contributed by atoms with Crippen molar-refractivity contribution in [2.75, 3.05) is 19.8 Å². The molecule has 1 unspecified atom stereocenters. The van der Waals surface area contributed by atoms with Crippen LogP contribution in [0.15, 0.2) is 134 Å². The maximum atomic E-state index is 12.8. The molecule has 0 aliphatic rings. The first kappa shape index (κ1) is 58.0. The van der Waals surface area contributed by atoms with Gasteiger partial charge in [-0.3, -0.25) is 9.59 Å². The molecule has 0 fully saturated rings. The van der Waals surface area contributed by atoms with Crippen LogP contribution in [-0.4, -0.2) is 37.9 Å². The highest BCUT2D eigenvalue weighted by molar-refractivity contribution is 5.71. The van der Waals surface area contributed by atoms with E-state index in [9.17, 15) is 9.59 Å². The van der Waals surface area contributed by atoms with E-state index < -0.39 is 6.10 Å². The number of carbonyl (C=O) groups excluding carboxylic acids is 2. The number of hydrogen-bond acceptors (Lipinski definition) is 5. The number of esters is 2. The lowest BCUT2D eigenvalue weighted by Crippen LogP contribution is -2.30. The van der Waals surface area contributed by atoms with E-state index in [0.717, 1.165) is 109 Å². The molecule has 0 saturated heterocycles. The SMILES string of the molecule is CC/C=C\C/C=C\C/C=C\C/C=C\C/C=C\CCCCOCC(COC(=O)C/C=C\C/C=C\C/C=C\C/C=C\C/C=C\CC)OC(=O)CCCCCCC/C=C\CCCCCC. The first-order chi connectivity index (χ1) is 30.6. The van der Waals surface area contributed by atoms with Gasteiger partial charge in [0.2, 0.25) is 0 Å². The molecule has 1 atom stereocenters. The summed E-state index contributed by atoms with van der Waals surface area (Å²) in [4.78, 5) is 25.3. The first-order valence-electron chi connectivity index (χ1n) is 24.7. The minimum absolute atomic E-state index is 0.00143. The van der Waals surface area contributed by atoms with Crippen LogP contribution in [0.2, 0.25) is 0 Å². The fourth-order valence-electron chi connectivity index (χ4n) is 6.07.